The molecule has 2 atom stereocenters. The van der Waals surface area contributed by atoms with Crippen LogP contribution in [0.3, 0.4) is 0 Å². The zero-order chi connectivity index (χ0) is 8.43. The van der Waals surface area contributed by atoms with Crippen molar-refractivity contribution in [1.29, 1.82) is 0 Å². The molecule has 1 saturated heterocycles. The minimum Gasteiger partial charge on any atom is -0.391 e. The molecular formula is C8H18N2O. The first-order chi connectivity index (χ1) is 5.11. The fourth-order valence-electron chi connectivity index (χ4n) is 1.46. The van der Waals surface area contributed by atoms with Crippen LogP contribution in [0, 0.1) is 0 Å². The molecule has 0 bridgehead atoms. The lowest BCUT2D eigenvalue weighted by Gasteiger charge is -2.36. The minimum absolute atomic E-state index is 0.0499. The Morgan fingerprint density at radius 3 is 2.64 bits per heavy atom. The molecule has 0 aromatic rings. The van der Waals surface area contributed by atoms with Gasteiger partial charge in [-0.15, -0.1) is 0 Å². The molecule has 1 rings (SSSR count). The molecule has 0 aromatic heterocycles. The largest absolute Gasteiger partial charge is 0.391 e. The van der Waals surface area contributed by atoms with Gasteiger partial charge in [0.25, 0.3) is 0 Å². The Bertz CT molecular complexity index is 127. The standard InChI is InChI=1S/C8H18N2O/c1-6(2)10-4-3-8(11)7(9)5-10/h6-8,11H,3-5,9H2,1-2H3. The third kappa shape index (κ3) is 2.15. The topological polar surface area (TPSA) is 49.5 Å². The van der Waals surface area contributed by atoms with Crippen molar-refractivity contribution in [1.82, 2.24) is 4.90 Å². The predicted molar refractivity (Wildman–Crippen MR) is 45.3 cm³/mol. The van der Waals surface area contributed by atoms with Gasteiger partial charge >= 0.3 is 0 Å². The van der Waals surface area contributed by atoms with Crippen molar-refractivity contribution in [3.05, 3.63) is 0 Å². The number of aliphatic hydroxyl groups is 1. The Hall–Kier alpha value is -0.120. The summed E-state index contributed by atoms with van der Waals surface area (Å²) in [7, 11) is 0. The van der Waals surface area contributed by atoms with Gasteiger partial charge in [0, 0.05) is 25.2 Å². The highest BCUT2D eigenvalue weighted by Gasteiger charge is 2.25. The third-order valence-corrected chi connectivity index (χ3v) is 2.38. The summed E-state index contributed by atoms with van der Waals surface area (Å²) in [4.78, 5) is 2.30. The maximum Gasteiger partial charge on any atom is 0.0715 e. The summed E-state index contributed by atoms with van der Waals surface area (Å²) in [6.07, 6.45) is 0.532. The first kappa shape index (κ1) is 8.97. The van der Waals surface area contributed by atoms with Crippen LogP contribution in [-0.4, -0.2) is 41.3 Å². The van der Waals surface area contributed by atoms with Crippen molar-refractivity contribution in [2.45, 2.75) is 38.5 Å². The first-order valence-corrected chi connectivity index (χ1v) is 4.29. The molecule has 2 unspecified atom stereocenters. The van der Waals surface area contributed by atoms with Crippen molar-refractivity contribution in [3.8, 4) is 0 Å². The molecule has 1 aliphatic rings. The van der Waals surface area contributed by atoms with E-state index in [1.54, 1.807) is 0 Å². The summed E-state index contributed by atoms with van der Waals surface area (Å²) in [5.74, 6) is 0. The van der Waals surface area contributed by atoms with Crippen LogP contribution in [0.15, 0.2) is 0 Å². The molecule has 0 aliphatic carbocycles. The lowest BCUT2D eigenvalue weighted by molar-refractivity contribution is 0.0496. The maximum atomic E-state index is 9.33. The Labute approximate surface area is 68.2 Å². The summed E-state index contributed by atoms with van der Waals surface area (Å²) >= 11 is 0. The molecule has 0 radical (unpaired) electrons. The van der Waals surface area contributed by atoms with E-state index < -0.39 is 0 Å². The van der Waals surface area contributed by atoms with Gasteiger partial charge in [0.15, 0.2) is 0 Å². The van der Waals surface area contributed by atoms with E-state index in [-0.39, 0.29) is 12.1 Å². The lowest BCUT2D eigenvalue weighted by atomic mass is 10.0. The van der Waals surface area contributed by atoms with Gasteiger partial charge in [-0.2, -0.15) is 0 Å². The molecule has 1 fully saturated rings. The molecule has 1 heterocycles. The van der Waals surface area contributed by atoms with Crippen LogP contribution in [0.1, 0.15) is 20.3 Å². The molecule has 11 heavy (non-hydrogen) atoms. The summed E-state index contributed by atoms with van der Waals surface area (Å²) in [6, 6.07) is 0.500. The summed E-state index contributed by atoms with van der Waals surface area (Å²) < 4.78 is 0. The van der Waals surface area contributed by atoms with Crippen LogP contribution in [-0.2, 0) is 0 Å². The molecule has 3 nitrogen and oxygen atoms in total. The highest BCUT2D eigenvalue weighted by atomic mass is 16.3. The Morgan fingerprint density at radius 2 is 2.18 bits per heavy atom. The van der Waals surface area contributed by atoms with E-state index >= 15 is 0 Å². The SMILES string of the molecule is CC(C)N1CCC(O)C(N)C1. The van der Waals surface area contributed by atoms with Gasteiger partial charge in [0.2, 0.25) is 0 Å². The van der Waals surface area contributed by atoms with Gasteiger partial charge in [0.1, 0.15) is 0 Å². The zero-order valence-electron chi connectivity index (χ0n) is 7.33. The molecule has 3 N–H and O–H groups in total. The van der Waals surface area contributed by atoms with Crippen molar-refractivity contribution < 1.29 is 5.11 Å². The van der Waals surface area contributed by atoms with Gasteiger partial charge in [-0.3, -0.25) is 4.90 Å². The van der Waals surface area contributed by atoms with Crippen LogP contribution < -0.4 is 5.73 Å². The number of likely N-dealkylation sites (tertiary alicyclic amines) is 1. The van der Waals surface area contributed by atoms with Crippen molar-refractivity contribution in [2.75, 3.05) is 13.1 Å². The second kappa shape index (κ2) is 3.52. The van der Waals surface area contributed by atoms with E-state index in [0.29, 0.717) is 6.04 Å². The minimum atomic E-state index is -0.287. The number of aliphatic hydroxyl groups excluding tert-OH is 1. The quantitative estimate of drug-likeness (QED) is 0.555. The molecular weight excluding hydrogens is 140 g/mol. The van der Waals surface area contributed by atoms with Gasteiger partial charge in [0.05, 0.1) is 6.10 Å². The lowest BCUT2D eigenvalue weighted by Crippen LogP contribution is -2.53. The Kier molecular flexibility index (Phi) is 2.87. The summed E-state index contributed by atoms with van der Waals surface area (Å²) in [5, 5.41) is 9.33. The highest BCUT2D eigenvalue weighted by Crippen LogP contribution is 2.11. The smallest absolute Gasteiger partial charge is 0.0715 e. The molecule has 0 spiro atoms. The molecule has 0 saturated carbocycles. The monoisotopic (exact) mass is 158 g/mol. The number of piperidine rings is 1. The van der Waals surface area contributed by atoms with E-state index in [1.165, 1.54) is 0 Å². The van der Waals surface area contributed by atoms with Gasteiger partial charge in [-0.1, -0.05) is 0 Å². The average Bonchev–Trinajstić information content (AvgIpc) is 1.94. The number of nitrogens with two attached hydrogens (primary N) is 1. The third-order valence-electron chi connectivity index (χ3n) is 2.38. The number of rotatable bonds is 1. The molecule has 0 aromatic carbocycles. The van der Waals surface area contributed by atoms with Gasteiger partial charge in [-0.25, -0.2) is 0 Å². The van der Waals surface area contributed by atoms with Crippen molar-refractivity contribution in [3.63, 3.8) is 0 Å². The molecule has 66 valence electrons. The predicted octanol–water partition coefficient (Wildman–Crippen LogP) is -0.211. The second-order valence-electron chi connectivity index (χ2n) is 3.61. The van der Waals surface area contributed by atoms with E-state index in [1.807, 2.05) is 0 Å². The van der Waals surface area contributed by atoms with Crippen molar-refractivity contribution in [2.24, 2.45) is 5.73 Å². The fraction of sp³-hybridized carbons (Fsp3) is 1.00. The van der Waals surface area contributed by atoms with Crippen LogP contribution in [0.5, 0.6) is 0 Å². The highest BCUT2D eigenvalue weighted by molar-refractivity contribution is 4.83. The van der Waals surface area contributed by atoms with Crippen molar-refractivity contribution >= 4 is 0 Å². The fourth-order valence-corrected chi connectivity index (χ4v) is 1.46. The summed E-state index contributed by atoms with van der Waals surface area (Å²) in [5.41, 5.74) is 5.71. The number of nitrogens with zero attached hydrogens (tertiary/aromatic N) is 1. The maximum absolute atomic E-state index is 9.33. The molecule has 1 aliphatic heterocycles. The summed E-state index contributed by atoms with van der Waals surface area (Å²) in [6.45, 7) is 6.13. The second-order valence-corrected chi connectivity index (χ2v) is 3.61. The zero-order valence-corrected chi connectivity index (χ0v) is 7.33. The number of hydrogen-bond donors (Lipinski definition) is 2. The molecule has 3 heteroatoms. The molecule has 0 amide bonds. The van der Waals surface area contributed by atoms with Crippen LogP contribution in [0.25, 0.3) is 0 Å². The first-order valence-electron chi connectivity index (χ1n) is 4.29. The van der Waals surface area contributed by atoms with Crippen LogP contribution in [0.2, 0.25) is 0 Å². The van der Waals surface area contributed by atoms with E-state index in [0.717, 1.165) is 19.5 Å². The normalized spacial score (nSPS) is 34.6. The Morgan fingerprint density at radius 1 is 1.55 bits per heavy atom. The van der Waals surface area contributed by atoms with Gasteiger partial charge in [-0.05, 0) is 20.3 Å². The van der Waals surface area contributed by atoms with Crippen LogP contribution >= 0.6 is 0 Å². The van der Waals surface area contributed by atoms with E-state index in [4.69, 9.17) is 5.73 Å². The van der Waals surface area contributed by atoms with Gasteiger partial charge < -0.3 is 10.8 Å². The average molecular weight is 158 g/mol. The number of hydrogen-bond acceptors (Lipinski definition) is 3. The van der Waals surface area contributed by atoms with E-state index in [2.05, 4.69) is 18.7 Å². The Balaban J connectivity index is 2.40. The van der Waals surface area contributed by atoms with Crippen LogP contribution in [0.4, 0.5) is 0 Å². The van der Waals surface area contributed by atoms with E-state index in [9.17, 15) is 5.11 Å².